The molecule has 0 fully saturated rings. The first kappa shape index (κ1) is 51.0. The van der Waals surface area contributed by atoms with Crippen molar-refractivity contribution in [2.45, 2.75) is 73.2 Å². The third-order valence-corrected chi connectivity index (χ3v) is 4.51. The Kier molecular flexibility index (Phi) is 27.5. The molecule has 12 atom stereocenters. The van der Waals surface area contributed by atoms with Crippen LogP contribution in [0.4, 0.5) is 0 Å². The van der Waals surface area contributed by atoms with Gasteiger partial charge in [-0.1, -0.05) is 0 Å². The first-order valence-corrected chi connectivity index (χ1v) is 10.4. The van der Waals surface area contributed by atoms with Gasteiger partial charge in [-0.05, 0) is 0 Å². The molecule has 0 heterocycles. The van der Waals surface area contributed by atoms with Crippen molar-refractivity contribution < 1.29 is 155 Å². The van der Waals surface area contributed by atoms with Crippen LogP contribution in [0.3, 0.4) is 0 Å². The number of hydrogen-bond acceptors (Lipinski definition) is 18. The summed E-state index contributed by atoms with van der Waals surface area (Å²) < 4.78 is 0. The zero-order chi connectivity index (χ0) is 34.4. The zero-order valence-electron chi connectivity index (χ0n) is 21.1. The summed E-state index contributed by atoms with van der Waals surface area (Å²) in [5.74, 6) is -11.0. The van der Waals surface area contributed by atoms with Crippen molar-refractivity contribution in [2.75, 3.05) is 0 Å². The van der Waals surface area contributed by atoms with Crippen LogP contribution < -0.4 is 0 Å². The average molecular weight is 742 g/mol. The van der Waals surface area contributed by atoms with Gasteiger partial charge in [0.25, 0.3) is 0 Å². The Labute approximate surface area is 263 Å². The topological polar surface area (TPSA) is 467 Å². The van der Waals surface area contributed by atoms with Crippen molar-refractivity contribution in [3.8, 4) is 0 Å². The standard InChI is InChI=1S/3C6H10O8.2Fe/c3*7-1(3(9)5(11)12)2(8)4(10)6(13)14;;/h3*1-4,7-10H,(H,11,12)(H,13,14);;/t3*1-,2-,3-,4+;;/m000../s1. The van der Waals surface area contributed by atoms with Crippen molar-refractivity contribution in [3.63, 3.8) is 0 Å². The molecule has 262 valence electrons. The Bertz CT molecular complexity index is 731. The third kappa shape index (κ3) is 17.6. The minimum Gasteiger partial charge on any atom is -0.479 e. The van der Waals surface area contributed by atoms with E-state index in [1.54, 1.807) is 0 Å². The third-order valence-electron chi connectivity index (χ3n) is 4.51. The van der Waals surface area contributed by atoms with Gasteiger partial charge in [-0.15, -0.1) is 0 Å². The van der Waals surface area contributed by atoms with Crippen molar-refractivity contribution >= 4 is 35.8 Å². The summed E-state index contributed by atoms with van der Waals surface area (Å²) in [5, 5.41) is 154. The number of aliphatic hydroxyl groups is 12. The van der Waals surface area contributed by atoms with E-state index < -0.39 is 109 Å². The molecule has 0 spiro atoms. The average Bonchev–Trinajstić information content (AvgIpc) is 2.92. The molecule has 0 aromatic carbocycles. The fraction of sp³-hybridized carbons (Fsp3) is 0.667. The summed E-state index contributed by atoms with van der Waals surface area (Å²) in [4.78, 5) is 60.5. The van der Waals surface area contributed by atoms with E-state index in [4.69, 9.17) is 91.9 Å². The Morgan fingerprint density at radius 3 is 0.364 bits per heavy atom. The maximum Gasteiger partial charge on any atom is 0.335 e. The Morgan fingerprint density at radius 2 is 0.318 bits per heavy atom. The van der Waals surface area contributed by atoms with E-state index in [0.29, 0.717) is 0 Å². The molecule has 0 aliphatic heterocycles. The Balaban J connectivity index is -0.000000169. The summed E-state index contributed by atoms with van der Waals surface area (Å²) >= 11 is 0. The van der Waals surface area contributed by atoms with Gasteiger partial charge in [-0.25, -0.2) is 28.8 Å². The number of rotatable bonds is 15. The molecule has 0 rings (SSSR count). The normalized spacial score (nSPS) is 18.5. The van der Waals surface area contributed by atoms with Crippen LogP contribution in [0.1, 0.15) is 0 Å². The van der Waals surface area contributed by atoms with E-state index in [1.807, 2.05) is 0 Å². The molecule has 0 saturated heterocycles. The summed E-state index contributed by atoms with van der Waals surface area (Å²) in [7, 11) is 0. The van der Waals surface area contributed by atoms with Crippen molar-refractivity contribution in [1.82, 2.24) is 0 Å². The maximum absolute atomic E-state index is 10.1. The van der Waals surface area contributed by atoms with Gasteiger partial charge in [0.2, 0.25) is 0 Å². The summed E-state index contributed by atoms with van der Waals surface area (Å²) in [6, 6.07) is 0. The van der Waals surface area contributed by atoms with Crippen molar-refractivity contribution in [1.29, 1.82) is 0 Å². The summed E-state index contributed by atoms with van der Waals surface area (Å²) in [6.07, 6.45) is -27.8. The first-order valence-electron chi connectivity index (χ1n) is 10.4. The molecule has 0 saturated carbocycles. The Morgan fingerprint density at radius 1 is 0.250 bits per heavy atom. The molecule has 0 unspecified atom stereocenters. The van der Waals surface area contributed by atoms with Crippen LogP contribution in [0.2, 0.25) is 0 Å². The quantitative estimate of drug-likeness (QED) is 0.0692. The van der Waals surface area contributed by atoms with Crippen LogP contribution in [0.25, 0.3) is 0 Å². The largest absolute Gasteiger partial charge is 0.479 e. The molecule has 0 aromatic heterocycles. The van der Waals surface area contributed by atoms with Crippen LogP contribution in [0.5, 0.6) is 0 Å². The summed E-state index contributed by atoms with van der Waals surface area (Å²) in [6.45, 7) is 0. The molecule has 0 radical (unpaired) electrons. The van der Waals surface area contributed by atoms with Crippen molar-refractivity contribution in [2.24, 2.45) is 0 Å². The SMILES string of the molecule is O=C(O)[C@@H](O)[C@@H](O)[C@H](O)[C@@H](O)C(=O)O.O=C(O)[C@@H](O)[C@@H](O)[C@H](O)[C@@H](O)C(=O)O.O=C(O)[C@@H](O)[C@@H](O)[C@H](O)[C@@H](O)C(=O)O.[Fe].[Fe]. The minimum absolute atomic E-state index is 0. The smallest absolute Gasteiger partial charge is 0.335 e. The summed E-state index contributed by atoms with van der Waals surface area (Å²) in [5.41, 5.74) is 0. The molecule has 0 aliphatic carbocycles. The fourth-order valence-corrected chi connectivity index (χ4v) is 2.00. The second kappa shape index (κ2) is 23.7. The maximum atomic E-state index is 10.1. The minimum atomic E-state index is -2.36. The molecular weight excluding hydrogens is 712 g/mol. The van der Waals surface area contributed by atoms with Gasteiger partial charge < -0.3 is 91.9 Å². The second-order valence-electron chi connectivity index (χ2n) is 7.64. The van der Waals surface area contributed by atoms with Gasteiger partial charge in [-0.2, -0.15) is 0 Å². The van der Waals surface area contributed by atoms with Crippen LogP contribution in [0.15, 0.2) is 0 Å². The van der Waals surface area contributed by atoms with E-state index in [0.717, 1.165) is 0 Å². The fourth-order valence-electron chi connectivity index (χ4n) is 2.00. The molecule has 0 amide bonds. The zero-order valence-corrected chi connectivity index (χ0v) is 23.3. The van der Waals surface area contributed by atoms with E-state index in [-0.39, 0.29) is 34.1 Å². The van der Waals surface area contributed by atoms with Gasteiger partial charge >= 0.3 is 35.8 Å². The molecular formula is C18H30Fe2O24. The van der Waals surface area contributed by atoms with Crippen LogP contribution in [0, 0.1) is 0 Å². The van der Waals surface area contributed by atoms with Gasteiger partial charge in [0.1, 0.15) is 36.6 Å². The molecule has 24 nitrogen and oxygen atoms in total. The predicted molar refractivity (Wildman–Crippen MR) is 118 cm³/mol. The van der Waals surface area contributed by atoms with Gasteiger partial charge in [0.15, 0.2) is 36.6 Å². The molecule has 44 heavy (non-hydrogen) atoms. The van der Waals surface area contributed by atoms with Crippen LogP contribution in [-0.2, 0) is 62.9 Å². The predicted octanol–water partition coefficient (Wildman–Crippen LogP) is -10.2. The van der Waals surface area contributed by atoms with Gasteiger partial charge in [0.05, 0.1) is 0 Å². The first-order chi connectivity index (χ1) is 18.9. The monoisotopic (exact) mass is 742 g/mol. The molecule has 18 N–H and O–H groups in total. The van der Waals surface area contributed by atoms with Crippen LogP contribution in [-0.4, -0.2) is 201 Å². The number of aliphatic carboxylic acids is 6. The number of carboxylic acid groups (broad SMARTS) is 6. The number of aliphatic hydroxyl groups excluding tert-OH is 12. The number of carboxylic acids is 6. The van der Waals surface area contributed by atoms with Gasteiger partial charge in [0, 0.05) is 34.1 Å². The Hall–Kier alpha value is -2.62. The van der Waals surface area contributed by atoms with E-state index >= 15 is 0 Å². The molecule has 0 bridgehead atoms. The second-order valence-corrected chi connectivity index (χ2v) is 7.64. The van der Waals surface area contributed by atoms with E-state index in [2.05, 4.69) is 0 Å². The molecule has 0 aromatic rings. The van der Waals surface area contributed by atoms with E-state index in [9.17, 15) is 28.8 Å². The van der Waals surface area contributed by atoms with E-state index in [1.165, 1.54) is 0 Å². The van der Waals surface area contributed by atoms with Crippen molar-refractivity contribution in [3.05, 3.63) is 0 Å². The van der Waals surface area contributed by atoms with Crippen LogP contribution >= 0.6 is 0 Å². The molecule has 0 aliphatic rings. The number of hydrogen-bond donors (Lipinski definition) is 18. The number of carbonyl (C=O) groups is 6. The van der Waals surface area contributed by atoms with Gasteiger partial charge in [-0.3, -0.25) is 0 Å². The molecule has 26 heteroatoms.